The van der Waals surface area contributed by atoms with E-state index < -0.39 is 0 Å². The molecule has 2 atom stereocenters. The number of aromatic nitrogens is 2. The molecule has 3 rings (SSSR count). The molecule has 0 aromatic carbocycles. The molecule has 2 heterocycles. The number of hydrogen-bond donors (Lipinski definition) is 1. The Morgan fingerprint density at radius 3 is 2.94 bits per heavy atom. The molecular formula is C12H20N4O. The summed E-state index contributed by atoms with van der Waals surface area (Å²) >= 11 is 0. The Balaban J connectivity index is 1.61. The maximum atomic E-state index is 5.96. The first-order valence-corrected chi connectivity index (χ1v) is 6.54. The molecular weight excluding hydrogens is 216 g/mol. The van der Waals surface area contributed by atoms with Crippen LogP contribution in [0.25, 0.3) is 0 Å². The molecule has 0 amide bonds. The highest BCUT2D eigenvalue weighted by Gasteiger charge is 2.30. The normalized spacial score (nSPS) is 30.7. The lowest BCUT2D eigenvalue weighted by molar-refractivity contribution is 0.135. The van der Waals surface area contributed by atoms with Crippen molar-refractivity contribution >= 4 is 0 Å². The molecule has 0 spiro atoms. The summed E-state index contributed by atoms with van der Waals surface area (Å²) in [6.45, 7) is 4.06. The van der Waals surface area contributed by atoms with Crippen molar-refractivity contribution in [2.75, 3.05) is 6.54 Å². The second-order valence-corrected chi connectivity index (χ2v) is 5.43. The van der Waals surface area contributed by atoms with Crippen molar-refractivity contribution in [1.29, 1.82) is 0 Å². The molecule has 0 bridgehead atoms. The van der Waals surface area contributed by atoms with Gasteiger partial charge in [0.2, 0.25) is 5.89 Å². The molecule has 5 heteroatoms. The largest absolute Gasteiger partial charge is 0.339 e. The van der Waals surface area contributed by atoms with Gasteiger partial charge in [-0.2, -0.15) is 4.98 Å². The van der Waals surface area contributed by atoms with E-state index in [2.05, 4.69) is 22.0 Å². The molecule has 1 saturated carbocycles. The van der Waals surface area contributed by atoms with Crippen molar-refractivity contribution in [2.24, 2.45) is 5.73 Å². The molecule has 1 aliphatic heterocycles. The lowest BCUT2D eigenvalue weighted by Crippen LogP contribution is -2.45. The van der Waals surface area contributed by atoms with Crippen molar-refractivity contribution < 1.29 is 4.52 Å². The first kappa shape index (κ1) is 11.2. The van der Waals surface area contributed by atoms with E-state index >= 15 is 0 Å². The van der Waals surface area contributed by atoms with E-state index in [0.29, 0.717) is 18.0 Å². The van der Waals surface area contributed by atoms with Crippen molar-refractivity contribution in [3.8, 4) is 0 Å². The predicted molar refractivity (Wildman–Crippen MR) is 63.4 cm³/mol. The summed E-state index contributed by atoms with van der Waals surface area (Å²) in [5.74, 6) is 2.21. The summed E-state index contributed by atoms with van der Waals surface area (Å²) in [6, 6.07) is 0.871. The summed E-state index contributed by atoms with van der Waals surface area (Å²) in [7, 11) is 0. The molecule has 5 nitrogen and oxygen atoms in total. The Bertz CT molecular complexity index is 388. The van der Waals surface area contributed by atoms with E-state index in [1.807, 2.05) is 0 Å². The van der Waals surface area contributed by atoms with Crippen LogP contribution in [0.4, 0.5) is 0 Å². The van der Waals surface area contributed by atoms with Crippen molar-refractivity contribution in [2.45, 2.75) is 57.2 Å². The van der Waals surface area contributed by atoms with Crippen LogP contribution in [0.2, 0.25) is 0 Å². The van der Waals surface area contributed by atoms with Gasteiger partial charge >= 0.3 is 0 Å². The molecule has 1 aliphatic carbocycles. The smallest absolute Gasteiger partial charge is 0.229 e. The maximum absolute atomic E-state index is 5.96. The van der Waals surface area contributed by atoms with Gasteiger partial charge in [-0.25, -0.2) is 0 Å². The minimum absolute atomic E-state index is 0.355. The second-order valence-electron chi connectivity index (χ2n) is 5.43. The zero-order valence-electron chi connectivity index (χ0n) is 10.3. The quantitative estimate of drug-likeness (QED) is 0.855. The van der Waals surface area contributed by atoms with Crippen LogP contribution < -0.4 is 5.73 Å². The fraction of sp³-hybridized carbons (Fsp3) is 0.833. The molecule has 2 fully saturated rings. The van der Waals surface area contributed by atoms with Gasteiger partial charge in [-0.15, -0.1) is 0 Å². The van der Waals surface area contributed by atoms with Crippen molar-refractivity contribution in [3.05, 3.63) is 11.7 Å². The topological polar surface area (TPSA) is 68.2 Å². The third kappa shape index (κ3) is 2.50. The maximum Gasteiger partial charge on any atom is 0.229 e. The van der Waals surface area contributed by atoms with Crippen LogP contribution >= 0.6 is 0 Å². The van der Waals surface area contributed by atoms with E-state index in [4.69, 9.17) is 10.3 Å². The Kier molecular flexibility index (Phi) is 2.88. The van der Waals surface area contributed by atoms with E-state index in [0.717, 1.165) is 37.6 Å². The molecule has 1 saturated heterocycles. The standard InChI is InChI=1S/C12H20N4O/c1-8-6-10(13)4-5-16(8)7-11-14-12(17-15-11)9-2-3-9/h8-10H,2-7,13H2,1H3. The summed E-state index contributed by atoms with van der Waals surface area (Å²) < 4.78 is 5.27. The van der Waals surface area contributed by atoms with Crippen LogP contribution in [0.3, 0.4) is 0 Å². The number of hydrogen-bond acceptors (Lipinski definition) is 5. The Labute approximate surface area is 101 Å². The van der Waals surface area contributed by atoms with E-state index in [-0.39, 0.29) is 0 Å². The van der Waals surface area contributed by atoms with Gasteiger partial charge in [0.1, 0.15) is 0 Å². The summed E-state index contributed by atoms with van der Waals surface area (Å²) in [5.41, 5.74) is 5.96. The lowest BCUT2D eigenvalue weighted by atomic mass is 9.99. The second kappa shape index (κ2) is 4.38. The van der Waals surface area contributed by atoms with Gasteiger partial charge in [0.25, 0.3) is 0 Å². The zero-order chi connectivity index (χ0) is 11.8. The summed E-state index contributed by atoms with van der Waals surface area (Å²) in [5, 5.41) is 4.07. The van der Waals surface area contributed by atoms with Crippen LogP contribution in [0.1, 0.15) is 50.2 Å². The third-order valence-electron chi connectivity index (χ3n) is 3.81. The highest BCUT2D eigenvalue weighted by atomic mass is 16.5. The molecule has 1 aromatic heterocycles. The van der Waals surface area contributed by atoms with Crippen LogP contribution in [-0.4, -0.2) is 33.7 Å². The van der Waals surface area contributed by atoms with Crippen molar-refractivity contribution in [1.82, 2.24) is 15.0 Å². The fourth-order valence-corrected chi connectivity index (χ4v) is 2.50. The highest BCUT2D eigenvalue weighted by Crippen LogP contribution is 2.38. The zero-order valence-corrected chi connectivity index (χ0v) is 10.3. The van der Waals surface area contributed by atoms with Gasteiger partial charge in [-0.05, 0) is 32.6 Å². The molecule has 1 aromatic rings. The molecule has 94 valence electrons. The first-order valence-electron chi connectivity index (χ1n) is 6.54. The minimum atomic E-state index is 0.355. The molecule has 2 N–H and O–H groups in total. The number of rotatable bonds is 3. The highest BCUT2D eigenvalue weighted by molar-refractivity contribution is 5.02. The number of nitrogens with two attached hydrogens (primary N) is 1. The first-order chi connectivity index (χ1) is 8.22. The Hall–Kier alpha value is -0.940. The van der Waals surface area contributed by atoms with Crippen molar-refractivity contribution in [3.63, 3.8) is 0 Å². The van der Waals surface area contributed by atoms with Gasteiger partial charge in [-0.3, -0.25) is 4.90 Å². The monoisotopic (exact) mass is 236 g/mol. The SMILES string of the molecule is CC1CC(N)CCN1Cc1noc(C2CC2)n1. The van der Waals surface area contributed by atoms with Gasteiger partial charge in [0.05, 0.1) is 6.54 Å². The molecule has 2 aliphatic rings. The van der Waals surface area contributed by atoms with E-state index in [1.54, 1.807) is 0 Å². The Morgan fingerprint density at radius 2 is 2.24 bits per heavy atom. The lowest BCUT2D eigenvalue weighted by Gasteiger charge is -2.35. The fourth-order valence-electron chi connectivity index (χ4n) is 2.50. The van der Waals surface area contributed by atoms with E-state index in [9.17, 15) is 0 Å². The van der Waals surface area contributed by atoms with Crippen LogP contribution in [0.15, 0.2) is 4.52 Å². The molecule has 17 heavy (non-hydrogen) atoms. The van der Waals surface area contributed by atoms with Crippen LogP contribution in [0, 0.1) is 0 Å². The number of nitrogens with zero attached hydrogens (tertiary/aromatic N) is 3. The van der Waals surface area contributed by atoms with Gasteiger partial charge in [0.15, 0.2) is 5.82 Å². The number of piperidine rings is 1. The third-order valence-corrected chi connectivity index (χ3v) is 3.81. The van der Waals surface area contributed by atoms with Crippen LogP contribution in [0.5, 0.6) is 0 Å². The molecule has 0 radical (unpaired) electrons. The predicted octanol–water partition coefficient (Wildman–Crippen LogP) is 1.26. The van der Waals surface area contributed by atoms with Crippen LogP contribution in [-0.2, 0) is 6.54 Å². The Morgan fingerprint density at radius 1 is 1.41 bits per heavy atom. The summed E-state index contributed by atoms with van der Waals surface area (Å²) in [6.07, 6.45) is 4.54. The summed E-state index contributed by atoms with van der Waals surface area (Å²) in [4.78, 5) is 6.86. The minimum Gasteiger partial charge on any atom is -0.339 e. The molecule has 2 unspecified atom stereocenters. The number of likely N-dealkylation sites (tertiary alicyclic amines) is 1. The van der Waals surface area contributed by atoms with Gasteiger partial charge in [0, 0.05) is 24.5 Å². The van der Waals surface area contributed by atoms with Gasteiger partial charge in [-0.1, -0.05) is 5.16 Å². The average Bonchev–Trinajstić information content (AvgIpc) is 3.04. The van der Waals surface area contributed by atoms with E-state index in [1.165, 1.54) is 12.8 Å². The average molecular weight is 236 g/mol. The van der Waals surface area contributed by atoms with Gasteiger partial charge < -0.3 is 10.3 Å².